The lowest BCUT2D eigenvalue weighted by Gasteiger charge is -2.28. The number of rotatable bonds is 7. The molecule has 2 atom stereocenters. The molecule has 3 rings (SSSR count). The van der Waals surface area contributed by atoms with E-state index in [9.17, 15) is 18.0 Å². The third kappa shape index (κ3) is 5.23. The summed E-state index contributed by atoms with van der Waals surface area (Å²) in [5.74, 6) is -1.35. The van der Waals surface area contributed by atoms with Crippen LogP contribution in [0.5, 0.6) is 0 Å². The van der Waals surface area contributed by atoms with Crippen molar-refractivity contribution >= 4 is 27.4 Å². The lowest BCUT2D eigenvalue weighted by Crippen LogP contribution is -2.43. The van der Waals surface area contributed by atoms with Crippen molar-refractivity contribution in [1.29, 1.82) is 0 Å². The second-order valence-corrected chi connectivity index (χ2v) is 9.36. The van der Waals surface area contributed by atoms with Crippen LogP contribution in [0.2, 0.25) is 0 Å². The highest BCUT2D eigenvalue weighted by molar-refractivity contribution is 7.91. The van der Waals surface area contributed by atoms with Crippen molar-refractivity contribution in [2.75, 3.05) is 23.0 Å². The average Bonchev–Trinajstić information content (AvgIpc) is 3.08. The molecule has 0 saturated carbocycles. The van der Waals surface area contributed by atoms with Gasteiger partial charge in [0.2, 0.25) is 0 Å². The van der Waals surface area contributed by atoms with Crippen molar-refractivity contribution in [3.05, 3.63) is 66.2 Å². The van der Waals surface area contributed by atoms with E-state index in [0.29, 0.717) is 18.5 Å². The summed E-state index contributed by atoms with van der Waals surface area (Å²) in [6.07, 6.45) is 0.929. The monoisotopic (exact) mass is 415 g/mol. The van der Waals surface area contributed by atoms with Gasteiger partial charge in [-0.1, -0.05) is 55.5 Å². The number of amides is 1. The molecule has 1 saturated heterocycles. The summed E-state index contributed by atoms with van der Waals surface area (Å²) >= 11 is 0. The summed E-state index contributed by atoms with van der Waals surface area (Å²) in [5.41, 5.74) is 1.44. The van der Waals surface area contributed by atoms with Gasteiger partial charge in [0.15, 0.2) is 16.4 Å². The second-order valence-electron chi connectivity index (χ2n) is 7.14. The fraction of sp³-hybridized carbons (Fsp3) is 0.364. The zero-order valence-corrected chi connectivity index (χ0v) is 17.2. The molecule has 1 amide bonds. The fourth-order valence-corrected chi connectivity index (χ4v) is 5.35. The van der Waals surface area contributed by atoms with Crippen LogP contribution < -0.4 is 4.90 Å². The highest BCUT2D eigenvalue weighted by Gasteiger charge is 2.36. The molecule has 1 aliphatic heterocycles. The number of para-hydroxylation sites is 1. The molecule has 1 fully saturated rings. The molecular formula is C22H25NO5S. The molecule has 0 aromatic heterocycles. The molecule has 154 valence electrons. The number of anilines is 1. The van der Waals surface area contributed by atoms with E-state index in [4.69, 9.17) is 4.74 Å². The van der Waals surface area contributed by atoms with Crippen LogP contribution in [0.1, 0.15) is 31.2 Å². The zero-order chi connectivity index (χ0) is 20.9. The molecule has 0 spiro atoms. The number of benzene rings is 2. The van der Waals surface area contributed by atoms with E-state index in [0.717, 1.165) is 5.56 Å². The number of carbonyl (C=O) groups is 2. The Morgan fingerprint density at radius 1 is 1.07 bits per heavy atom. The molecule has 2 aromatic carbocycles. The molecular weight excluding hydrogens is 390 g/mol. The molecule has 0 N–H and O–H groups in total. The van der Waals surface area contributed by atoms with Crippen LogP contribution in [0.4, 0.5) is 5.69 Å². The standard InChI is InChI=1S/C22H25NO5S/c1-2-20(17-9-5-3-6-10-17)22(25)28-15-21(24)23(18-11-7-4-8-12-18)19-13-14-29(26,27)16-19/h3-12,19-20H,2,13-16H2,1H3/t19-,20+/m0/s1. The van der Waals surface area contributed by atoms with Gasteiger partial charge in [-0.3, -0.25) is 9.59 Å². The van der Waals surface area contributed by atoms with E-state index >= 15 is 0 Å². The van der Waals surface area contributed by atoms with Crippen molar-refractivity contribution in [1.82, 2.24) is 0 Å². The summed E-state index contributed by atoms with van der Waals surface area (Å²) in [7, 11) is -3.17. The first-order chi connectivity index (χ1) is 13.9. The molecule has 7 heteroatoms. The Morgan fingerprint density at radius 2 is 1.69 bits per heavy atom. The van der Waals surface area contributed by atoms with Crippen LogP contribution in [0.3, 0.4) is 0 Å². The maximum absolute atomic E-state index is 12.9. The highest BCUT2D eigenvalue weighted by Crippen LogP contribution is 2.25. The Bertz CT molecular complexity index is 944. The molecule has 6 nitrogen and oxygen atoms in total. The maximum Gasteiger partial charge on any atom is 0.313 e. The van der Waals surface area contributed by atoms with Crippen molar-refractivity contribution in [3.63, 3.8) is 0 Å². The van der Waals surface area contributed by atoms with Gasteiger partial charge in [0.1, 0.15) is 0 Å². The van der Waals surface area contributed by atoms with Crippen LogP contribution >= 0.6 is 0 Å². The van der Waals surface area contributed by atoms with Gasteiger partial charge in [-0.2, -0.15) is 0 Å². The topological polar surface area (TPSA) is 80.8 Å². The number of carbonyl (C=O) groups excluding carboxylic acids is 2. The SMILES string of the molecule is CC[C@@H](C(=O)OCC(=O)N(c1ccccc1)[C@H]1CCS(=O)(=O)C1)c1ccccc1. The predicted molar refractivity (Wildman–Crippen MR) is 111 cm³/mol. The lowest BCUT2D eigenvalue weighted by molar-refractivity contribution is -0.149. The smallest absolute Gasteiger partial charge is 0.313 e. The van der Waals surface area contributed by atoms with Crippen molar-refractivity contribution in [2.24, 2.45) is 0 Å². The van der Waals surface area contributed by atoms with Crippen LogP contribution in [0.15, 0.2) is 60.7 Å². The Hall–Kier alpha value is -2.67. The number of hydrogen-bond acceptors (Lipinski definition) is 5. The number of esters is 1. The molecule has 0 radical (unpaired) electrons. The second kappa shape index (κ2) is 9.22. The number of nitrogens with zero attached hydrogens (tertiary/aromatic N) is 1. The summed E-state index contributed by atoms with van der Waals surface area (Å²) in [4.78, 5) is 27.0. The van der Waals surface area contributed by atoms with E-state index in [-0.39, 0.29) is 11.5 Å². The Labute approximate surface area is 171 Å². The molecule has 0 aliphatic carbocycles. The first kappa shape index (κ1) is 21.0. The van der Waals surface area contributed by atoms with Crippen molar-refractivity contribution in [2.45, 2.75) is 31.7 Å². The van der Waals surface area contributed by atoms with Gasteiger partial charge >= 0.3 is 5.97 Å². The summed E-state index contributed by atoms with van der Waals surface area (Å²) in [6.45, 7) is 1.47. The Kier molecular flexibility index (Phi) is 6.69. The molecule has 29 heavy (non-hydrogen) atoms. The molecule has 2 aromatic rings. The van der Waals surface area contributed by atoms with Gasteiger partial charge in [0.05, 0.1) is 23.5 Å². The van der Waals surface area contributed by atoms with Crippen molar-refractivity contribution in [3.8, 4) is 0 Å². The quantitative estimate of drug-likeness (QED) is 0.650. The van der Waals surface area contributed by atoms with Gasteiger partial charge in [0.25, 0.3) is 5.91 Å². The number of hydrogen-bond donors (Lipinski definition) is 0. The van der Waals surface area contributed by atoms with Crippen molar-refractivity contribution < 1.29 is 22.7 Å². The fourth-order valence-electron chi connectivity index (χ4n) is 3.65. The Balaban J connectivity index is 1.72. The lowest BCUT2D eigenvalue weighted by atomic mass is 9.97. The van der Waals surface area contributed by atoms with E-state index in [2.05, 4.69) is 0 Å². The molecule has 0 unspecified atom stereocenters. The normalized spacial score (nSPS) is 18.7. The predicted octanol–water partition coefficient (Wildman–Crippen LogP) is 2.94. The first-order valence-electron chi connectivity index (χ1n) is 9.70. The van der Waals surface area contributed by atoms with Crippen LogP contribution in [-0.2, 0) is 24.2 Å². The van der Waals surface area contributed by atoms with Gasteiger partial charge in [-0.15, -0.1) is 0 Å². The van der Waals surface area contributed by atoms with Gasteiger partial charge in [-0.25, -0.2) is 8.42 Å². The summed E-state index contributed by atoms with van der Waals surface area (Å²) < 4.78 is 29.2. The summed E-state index contributed by atoms with van der Waals surface area (Å²) in [6, 6.07) is 17.7. The number of ether oxygens (including phenoxy) is 1. The Morgan fingerprint density at radius 3 is 2.24 bits per heavy atom. The summed E-state index contributed by atoms with van der Waals surface area (Å²) in [5, 5.41) is 0. The van der Waals surface area contributed by atoms with E-state index < -0.39 is 40.3 Å². The minimum Gasteiger partial charge on any atom is -0.455 e. The third-order valence-electron chi connectivity index (χ3n) is 5.11. The number of sulfone groups is 1. The van der Waals surface area contributed by atoms with Crippen LogP contribution in [0, 0.1) is 0 Å². The minimum atomic E-state index is -3.17. The van der Waals surface area contributed by atoms with Gasteiger partial charge < -0.3 is 9.64 Å². The van der Waals surface area contributed by atoms with Gasteiger partial charge in [0, 0.05) is 5.69 Å². The molecule has 1 heterocycles. The largest absolute Gasteiger partial charge is 0.455 e. The first-order valence-corrected chi connectivity index (χ1v) is 11.5. The van der Waals surface area contributed by atoms with E-state index in [1.807, 2.05) is 43.3 Å². The van der Waals surface area contributed by atoms with Gasteiger partial charge in [-0.05, 0) is 30.5 Å². The highest BCUT2D eigenvalue weighted by atomic mass is 32.2. The molecule has 0 bridgehead atoms. The van der Waals surface area contributed by atoms with E-state index in [1.54, 1.807) is 24.3 Å². The van der Waals surface area contributed by atoms with E-state index in [1.165, 1.54) is 4.90 Å². The van der Waals surface area contributed by atoms with Crippen LogP contribution in [0.25, 0.3) is 0 Å². The van der Waals surface area contributed by atoms with Crippen LogP contribution in [-0.4, -0.2) is 44.4 Å². The average molecular weight is 416 g/mol. The maximum atomic E-state index is 12.9. The zero-order valence-electron chi connectivity index (χ0n) is 16.4. The minimum absolute atomic E-state index is 0.0555. The third-order valence-corrected chi connectivity index (χ3v) is 6.86. The molecule has 1 aliphatic rings.